The van der Waals surface area contributed by atoms with Gasteiger partial charge in [0, 0.05) is 19.0 Å². The second kappa shape index (κ2) is 6.61. The van der Waals surface area contributed by atoms with Gasteiger partial charge in [0.1, 0.15) is 6.10 Å². The van der Waals surface area contributed by atoms with E-state index in [4.69, 9.17) is 9.47 Å². The van der Waals surface area contributed by atoms with E-state index < -0.39 is 0 Å². The summed E-state index contributed by atoms with van der Waals surface area (Å²) in [5, 5.41) is 5.39. The number of nitrogens with zero attached hydrogens (tertiary/aromatic N) is 3. The smallest absolute Gasteiger partial charge is 0.275 e. The van der Waals surface area contributed by atoms with Gasteiger partial charge in [0.25, 0.3) is 5.91 Å². The summed E-state index contributed by atoms with van der Waals surface area (Å²) in [6.45, 7) is 5.34. The van der Waals surface area contributed by atoms with Crippen molar-refractivity contribution in [2.45, 2.75) is 31.1 Å². The average molecular weight is 341 g/mol. The molecule has 132 valence electrons. The van der Waals surface area contributed by atoms with Crippen LogP contribution in [0, 0.1) is 0 Å². The third-order valence-corrected chi connectivity index (χ3v) is 5.18. The molecule has 2 fully saturated rings. The summed E-state index contributed by atoms with van der Waals surface area (Å²) in [4.78, 5) is 15.2. The van der Waals surface area contributed by atoms with Gasteiger partial charge in [-0.25, -0.2) is 0 Å². The predicted molar refractivity (Wildman–Crippen MR) is 94.4 cm³/mol. The molecule has 0 spiro atoms. The highest BCUT2D eigenvalue weighted by atomic mass is 16.5. The molecular formula is C19H23N3O3. The second-order valence-corrected chi connectivity index (χ2v) is 6.63. The van der Waals surface area contributed by atoms with Crippen molar-refractivity contribution in [3.05, 3.63) is 42.6 Å². The first kappa shape index (κ1) is 16.3. The van der Waals surface area contributed by atoms with Crippen molar-refractivity contribution in [2.75, 3.05) is 19.8 Å². The van der Waals surface area contributed by atoms with E-state index in [1.165, 1.54) is 0 Å². The molecule has 6 nitrogen and oxygen atoms in total. The minimum atomic E-state index is -0.0624. The number of hydrogen-bond acceptors (Lipinski definition) is 4. The second-order valence-electron chi connectivity index (χ2n) is 6.63. The number of aryl methyl sites for hydroxylation is 1. The molecule has 1 aliphatic heterocycles. The number of fused-ring (bicyclic) bond motifs is 2. The lowest BCUT2D eigenvalue weighted by Gasteiger charge is -2.38. The zero-order chi connectivity index (χ0) is 17.4. The topological polar surface area (TPSA) is 56.6 Å². The average Bonchev–Trinajstić information content (AvgIpc) is 3.21. The van der Waals surface area contributed by atoms with Crippen molar-refractivity contribution < 1.29 is 14.3 Å². The molecule has 1 amide bonds. The van der Waals surface area contributed by atoms with Crippen LogP contribution in [-0.2, 0) is 16.5 Å². The third kappa shape index (κ3) is 2.75. The predicted octanol–water partition coefficient (Wildman–Crippen LogP) is 2.15. The highest BCUT2D eigenvalue weighted by molar-refractivity contribution is 6.05. The number of para-hydroxylation sites is 1. The Hall–Kier alpha value is -2.18. The summed E-state index contributed by atoms with van der Waals surface area (Å²) in [5.74, 6) is -0.0144. The zero-order valence-corrected chi connectivity index (χ0v) is 14.4. The number of ether oxygens (including phenoxy) is 2. The molecule has 0 unspecified atom stereocenters. The van der Waals surface area contributed by atoms with Crippen LogP contribution in [0.15, 0.2) is 36.9 Å². The van der Waals surface area contributed by atoms with E-state index in [-0.39, 0.29) is 24.2 Å². The van der Waals surface area contributed by atoms with Gasteiger partial charge >= 0.3 is 0 Å². The van der Waals surface area contributed by atoms with Crippen LogP contribution in [-0.4, -0.2) is 58.6 Å². The summed E-state index contributed by atoms with van der Waals surface area (Å²) in [5.41, 5.74) is 1.49. The molecular weight excluding hydrogens is 318 g/mol. The van der Waals surface area contributed by atoms with E-state index in [1.807, 2.05) is 36.2 Å². The van der Waals surface area contributed by atoms with Crippen LogP contribution in [0.1, 0.15) is 23.3 Å². The van der Waals surface area contributed by atoms with Crippen LogP contribution >= 0.6 is 0 Å². The number of carbonyl (C=O) groups excluding carboxylic acids is 1. The molecule has 0 radical (unpaired) electrons. The number of aromatic nitrogens is 2. The highest BCUT2D eigenvalue weighted by Gasteiger charge is 2.45. The van der Waals surface area contributed by atoms with Gasteiger partial charge in [-0.1, -0.05) is 24.3 Å². The minimum Gasteiger partial charge on any atom is -0.372 e. The van der Waals surface area contributed by atoms with E-state index in [0.717, 1.165) is 23.7 Å². The fourth-order valence-corrected chi connectivity index (χ4v) is 4.05. The van der Waals surface area contributed by atoms with Crippen LogP contribution in [0.25, 0.3) is 10.9 Å². The molecule has 1 aromatic heterocycles. The van der Waals surface area contributed by atoms with Gasteiger partial charge in [-0.05, 0) is 18.9 Å². The van der Waals surface area contributed by atoms with Crippen LogP contribution in [0.3, 0.4) is 0 Å². The normalized spacial score (nSPS) is 26.0. The van der Waals surface area contributed by atoms with Crippen molar-refractivity contribution in [3.63, 3.8) is 0 Å². The number of amides is 1. The van der Waals surface area contributed by atoms with E-state index >= 15 is 0 Å². The highest BCUT2D eigenvalue weighted by Crippen LogP contribution is 2.33. The molecule has 2 aromatic rings. The van der Waals surface area contributed by atoms with E-state index in [0.29, 0.717) is 25.5 Å². The summed E-state index contributed by atoms with van der Waals surface area (Å²) in [7, 11) is 1.87. The number of carbonyl (C=O) groups is 1. The van der Waals surface area contributed by atoms with Gasteiger partial charge < -0.3 is 14.4 Å². The third-order valence-electron chi connectivity index (χ3n) is 5.18. The monoisotopic (exact) mass is 341 g/mol. The molecule has 1 aliphatic carbocycles. The standard InChI is InChI=1S/C19H23N3O3/c1-3-11-24-16-9-8-15-18(16)25-12-10-22(15)19(23)17-13-6-4-5-7-14(13)21(2)20-17/h3-7,15-16,18H,1,8-12H2,2H3/t15-,16-,18-/m1/s1. The van der Waals surface area contributed by atoms with E-state index in [9.17, 15) is 4.79 Å². The summed E-state index contributed by atoms with van der Waals surface area (Å²) >= 11 is 0. The molecule has 1 aromatic carbocycles. The van der Waals surface area contributed by atoms with Crippen molar-refractivity contribution in [1.82, 2.24) is 14.7 Å². The van der Waals surface area contributed by atoms with Gasteiger partial charge in [0.15, 0.2) is 5.69 Å². The molecule has 6 heteroatoms. The Morgan fingerprint density at radius 1 is 1.44 bits per heavy atom. The Labute approximate surface area is 147 Å². The molecule has 1 saturated heterocycles. The van der Waals surface area contributed by atoms with Gasteiger partial charge in [0.05, 0.1) is 30.9 Å². The lowest BCUT2D eigenvalue weighted by atomic mass is 10.1. The van der Waals surface area contributed by atoms with Crippen LogP contribution in [0.5, 0.6) is 0 Å². The maximum absolute atomic E-state index is 13.2. The number of rotatable bonds is 4. The molecule has 3 atom stereocenters. The Morgan fingerprint density at radius 2 is 2.28 bits per heavy atom. The Balaban J connectivity index is 1.60. The van der Waals surface area contributed by atoms with Crippen molar-refractivity contribution in [1.29, 1.82) is 0 Å². The van der Waals surface area contributed by atoms with Gasteiger partial charge in [-0.3, -0.25) is 9.48 Å². The summed E-state index contributed by atoms with van der Waals surface area (Å²) in [6, 6.07) is 7.89. The first-order valence-electron chi connectivity index (χ1n) is 8.77. The van der Waals surface area contributed by atoms with E-state index in [1.54, 1.807) is 10.8 Å². The number of hydrogen-bond donors (Lipinski definition) is 0. The van der Waals surface area contributed by atoms with Crippen LogP contribution in [0.2, 0.25) is 0 Å². The molecule has 1 saturated carbocycles. The van der Waals surface area contributed by atoms with Crippen LogP contribution in [0.4, 0.5) is 0 Å². The fourth-order valence-electron chi connectivity index (χ4n) is 4.05. The molecule has 0 bridgehead atoms. The van der Waals surface area contributed by atoms with Gasteiger partial charge in [-0.2, -0.15) is 5.10 Å². The maximum atomic E-state index is 13.2. The SMILES string of the molecule is C=CCO[C@@H]1CC[C@@H]2[C@H]1OCCN2C(=O)c1nn(C)c2ccccc12. The number of morpholine rings is 1. The van der Waals surface area contributed by atoms with Crippen molar-refractivity contribution in [3.8, 4) is 0 Å². The molecule has 2 heterocycles. The molecule has 25 heavy (non-hydrogen) atoms. The Bertz CT molecular complexity index is 800. The van der Waals surface area contributed by atoms with Gasteiger partial charge in [0.2, 0.25) is 0 Å². The fraction of sp³-hybridized carbons (Fsp3) is 0.474. The van der Waals surface area contributed by atoms with Crippen molar-refractivity contribution >= 4 is 16.8 Å². The Kier molecular flexibility index (Phi) is 4.31. The number of benzene rings is 1. The van der Waals surface area contributed by atoms with Crippen LogP contribution < -0.4 is 0 Å². The lowest BCUT2D eigenvalue weighted by Crippen LogP contribution is -2.54. The quantitative estimate of drug-likeness (QED) is 0.800. The minimum absolute atomic E-state index is 0.0144. The molecule has 4 rings (SSSR count). The van der Waals surface area contributed by atoms with Crippen molar-refractivity contribution in [2.24, 2.45) is 7.05 Å². The first-order chi connectivity index (χ1) is 12.2. The summed E-state index contributed by atoms with van der Waals surface area (Å²) < 4.78 is 13.5. The molecule has 2 aliphatic rings. The lowest BCUT2D eigenvalue weighted by molar-refractivity contribution is -0.100. The zero-order valence-electron chi connectivity index (χ0n) is 14.4. The summed E-state index contributed by atoms with van der Waals surface area (Å²) in [6.07, 6.45) is 3.50. The molecule has 0 N–H and O–H groups in total. The maximum Gasteiger partial charge on any atom is 0.275 e. The largest absolute Gasteiger partial charge is 0.372 e. The first-order valence-corrected chi connectivity index (χ1v) is 8.77. The van der Waals surface area contributed by atoms with E-state index in [2.05, 4.69) is 11.7 Å². The Morgan fingerprint density at radius 3 is 3.12 bits per heavy atom. The van der Waals surface area contributed by atoms with Gasteiger partial charge in [-0.15, -0.1) is 6.58 Å².